The number of hydrogen-bond acceptors (Lipinski definition) is 5. The predicted molar refractivity (Wildman–Crippen MR) is 83.5 cm³/mol. The smallest absolute Gasteiger partial charge is 0.254 e. The van der Waals surface area contributed by atoms with Gasteiger partial charge >= 0.3 is 0 Å². The number of aliphatic hydroxyl groups is 1. The summed E-state index contributed by atoms with van der Waals surface area (Å²) in [7, 11) is 0. The van der Waals surface area contributed by atoms with Crippen molar-refractivity contribution in [2.75, 3.05) is 0 Å². The predicted octanol–water partition coefficient (Wildman–Crippen LogP) is 2.64. The van der Waals surface area contributed by atoms with Crippen LogP contribution in [0.15, 0.2) is 34.9 Å². The molecule has 2 aromatic rings. The Labute approximate surface area is 134 Å². The van der Waals surface area contributed by atoms with Crippen molar-refractivity contribution in [3.05, 3.63) is 47.6 Å². The minimum atomic E-state index is -1.21. The van der Waals surface area contributed by atoms with Gasteiger partial charge in [-0.25, -0.2) is 0 Å². The van der Waals surface area contributed by atoms with Gasteiger partial charge in [-0.3, -0.25) is 4.79 Å². The lowest BCUT2D eigenvalue weighted by Crippen LogP contribution is -2.31. The molecule has 1 aliphatic rings. The number of aliphatic hydroxyl groups excluding tert-OH is 1. The minimum Gasteiger partial charge on any atom is -0.378 e. The minimum absolute atomic E-state index is 0.366. The van der Waals surface area contributed by atoms with Gasteiger partial charge in [-0.1, -0.05) is 48.3 Å². The number of nitrogens with zero attached hydrogens (tertiary/aromatic N) is 2. The average molecular weight is 315 g/mol. The van der Waals surface area contributed by atoms with E-state index in [9.17, 15) is 9.90 Å². The van der Waals surface area contributed by atoms with Gasteiger partial charge < -0.3 is 14.9 Å². The molecule has 1 amide bonds. The van der Waals surface area contributed by atoms with Crippen molar-refractivity contribution in [1.29, 1.82) is 0 Å². The quantitative estimate of drug-likeness (QED) is 0.885. The lowest BCUT2D eigenvalue weighted by atomic mass is 10.1. The molecular weight excluding hydrogens is 294 g/mol. The summed E-state index contributed by atoms with van der Waals surface area (Å²) in [5, 5.41) is 16.8. The molecule has 0 saturated heterocycles. The van der Waals surface area contributed by atoms with E-state index in [0.29, 0.717) is 17.4 Å². The molecule has 1 aromatic heterocycles. The van der Waals surface area contributed by atoms with E-state index in [4.69, 9.17) is 4.52 Å². The fourth-order valence-corrected chi connectivity index (χ4v) is 2.91. The number of benzene rings is 1. The van der Waals surface area contributed by atoms with Crippen LogP contribution in [0.2, 0.25) is 0 Å². The molecule has 0 spiro atoms. The van der Waals surface area contributed by atoms with Crippen LogP contribution < -0.4 is 5.32 Å². The van der Waals surface area contributed by atoms with Crippen LogP contribution >= 0.6 is 0 Å². The molecule has 2 atom stereocenters. The summed E-state index contributed by atoms with van der Waals surface area (Å²) in [5.74, 6) is 0.984. The summed E-state index contributed by atoms with van der Waals surface area (Å²) in [6.45, 7) is 1.77. The van der Waals surface area contributed by atoms with Crippen molar-refractivity contribution < 1.29 is 14.4 Å². The molecule has 0 aliphatic heterocycles. The van der Waals surface area contributed by atoms with Gasteiger partial charge in [0.2, 0.25) is 5.89 Å². The third kappa shape index (κ3) is 3.59. The van der Waals surface area contributed by atoms with Gasteiger partial charge in [0.25, 0.3) is 5.91 Å². The number of carbonyl (C=O) groups excluding carboxylic acids is 1. The van der Waals surface area contributed by atoms with Crippen LogP contribution in [0.4, 0.5) is 0 Å². The molecule has 1 fully saturated rings. The van der Waals surface area contributed by atoms with Crippen LogP contribution in [-0.4, -0.2) is 21.2 Å². The Morgan fingerprint density at radius 3 is 2.70 bits per heavy atom. The van der Waals surface area contributed by atoms with Crippen molar-refractivity contribution in [1.82, 2.24) is 15.5 Å². The topological polar surface area (TPSA) is 88.2 Å². The number of nitrogens with one attached hydrogen (secondary N) is 1. The van der Waals surface area contributed by atoms with Gasteiger partial charge in [0, 0.05) is 5.92 Å². The second-order valence-electron chi connectivity index (χ2n) is 6.02. The maximum atomic E-state index is 12.1. The molecule has 6 nitrogen and oxygen atoms in total. The number of carbonyl (C=O) groups is 1. The van der Waals surface area contributed by atoms with Gasteiger partial charge in [0.1, 0.15) is 6.04 Å². The second kappa shape index (κ2) is 6.91. The molecule has 23 heavy (non-hydrogen) atoms. The van der Waals surface area contributed by atoms with Crippen molar-refractivity contribution in [3.63, 3.8) is 0 Å². The average Bonchev–Trinajstić information content (AvgIpc) is 3.25. The molecule has 2 N–H and O–H groups in total. The standard InChI is InChI=1S/C17H21N3O3/c1-11(17-19-15(20-23-17)13-9-5-6-10-13)18-16(22)14(21)12-7-3-2-4-8-12/h2-4,7-8,11,13-14,21H,5-6,9-10H2,1H3,(H,18,22). The Kier molecular flexibility index (Phi) is 4.71. The summed E-state index contributed by atoms with van der Waals surface area (Å²) < 4.78 is 5.27. The van der Waals surface area contributed by atoms with Crippen molar-refractivity contribution in [2.24, 2.45) is 0 Å². The highest BCUT2D eigenvalue weighted by Gasteiger charge is 2.26. The van der Waals surface area contributed by atoms with E-state index in [1.54, 1.807) is 31.2 Å². The SMILES string of the molecule is CC(NC(=O)C(O)c1ccccc1)c1nc(C2CCCC2)no1. The Morgan fingerprint density at radius 1 is 1.30 bits per heavy atom. The Hall–Kier alpha value is -2.21. The van der Waals surface area contributed by atoms with E-state index in [-0.39, 0.29) is 0 Å². The highest BCUT2D eigenvalue weighted by molar-refractivity contribution is 5.82. The molecule has 6 heteroatoms. The van der Waals surface area contributed by atoms with Gasteiger partial charge in [-0.05, 0) is 25.3 Å². The molecule has 0 radical (unpaired) electrons. The van der Waals surface area contributed by atoms with Crippen LogP contribution in [0.25, 0.3) is 0 Å². The number of rotatable bonds is 5. The summed E-state index contributed by atoms with van der Waals surface area (Å²) in [6, 6.07) is 8.37. The van der Waals surface area contributed by atoms with E-state index in [0.717, 1.165) is 18.7 Å². The fourth-order valence-electron chi connectivity index (χ4n) is 2.91. The van der Waals surface area contributed by atoms with Crippen molar-refractivity contribution >= 4 is 5.91 Å². The molecule has 1 heterocycles. The van der Waals surface area contributed by atoms with Crippen LogP contribution in [-0.2, 0) is 4.79 Å². The third-order valence-electron chi connectivity index (χ3n) is 4.27. The first-order chi connectivity index (χ1) is 11.1. The zero-order valence-corrected chi connectivity index (χ0v) is 13.1. The van der Waals surface area contributed by atoms with E-state index in [2.05, 4.69) is 15.5 Å². The van der Waals surface area contributed by atoms with E-state index >= 15 is 0 Å². The summed E-state index contributed by atoms with van der Waals surface area (Å²) in [4.78, 5) is 16.5. The molecular formula is C17H21N3O3. The van der Waals surface area contributed by atoms with Crippen LogP contribution in [0.3, 0.4) is 0 Å². The van der Waals surface area contributed by atoms with E-state index < -0.39 is 18.1 Å². The molecule has 1 saturated carbocycles. The van der Waals surface area contributed by atoms with Gasteiger partial charge in [-0.15, -0.1) is 0 Å². The molecule has 122 valence electrons. The lowest BCUT2D eigenvalue weighted by Gasteiger charge is -2.14. The number of hydrogen-bond donors (Lipinski definition) is 2. The maximum Gasteiger partial charge on any atom is 0.254 e. The van der Waals surface area contributed by atoms with Crippen LogP contribution in [0.1, 0.15) is 67.9 Å². The van der Waals surface area contributed by atoms with E-state index in [1.165, 1.54) is 12.8 Å². The highest BCUT2D eigenvalue weighted by Crippen LogP contribution is 2.32. The van der Waals surface area contributed by atoms with Crippen LogP contribution in [0, 0.1) is 0 Å². The molecule has 3 rings (SSSR count). The zero-order chi connectivity index (χ0) is 16.2. The Bertz CT molecular complexity index is 650. The molecule has 0 bridgehead atoms. The summed E-state index contributed by atoms with van der Waals surface area (Å²) in [5.41, 5.74) is 0.550. The van der Waals surface area contributed by atoms with Crippen molar-refractivity contribution in [3.8, 4) is 0 Å². The van der Waals surface area contributed by atoms with Gasteiger partial charge in [0.05, 0.1) is 0 Å². The monoisotopic (exact) mass is 315 g/mol. The van der Waals surface area contributed by atoms with Crippen LogP contribution in [0.5, 0.6) is 0 Å². The molecule has 1 aromatic carbocycles. The number of aromatic nitrogens is 2. The second-order valence-corrected chi connectivity index (χ2v) is 6.02. The van der Waals surface area contributed by atoms with Crippen molar-refractivity contribution in [2.45, 2.75) is 50.7 Å². The number of amides is 1. The summed E-state index contributed by atoms with van der Waals surface area (Å²) in [6.07, 6.45) is 3.36. The first kappa shape index (κ1) is 15.7. The highest BCUT2D eigenvalue weighted by atomic mass is 16.5. The fraction of sp³-hybridized carbons (Fsp3) is 0.471. The Balaban J connectivity index is 1.62. The van der Waals surface area contributed by atoms with E-state index in [1.807, 2.05) is 6.07 Å². The Morgan fingerprint density at radius 2 is 2.00 bits per heavy atom. The zero-order valence-electron chi connectivity index (χ0n) is 13.1. The summed E-state index contributed by atoms with van der Waals surface area (Å²) >= 11 is 0. The van der Waals surface area contributed by atoms with Gasteiger partial charge in [-0.2, -0.15) is 4.98 Å². The first-order valence-corrected chi connectivity index (χ1v) is 8.02. The largest absolute Gasteiger partial charge is 0.378 e. The lowest BCUT2D eigenvalue weighted by molar-refractivity contribution is -0.130. The maximum absolute atomic E-state index is 12.1. The molecule has 2 unspecified atom stereocenters. The molecule has 1 aliphatic carbocycles. The normalized spacial score (nSPS) is 17.8. The first-order valence-electron chi connectivity index (χ1n) is 8.02. The third-order valence-corrected chi connectivity index (χ3v) is 4.27. The van der Waals surface area contributed by atoms with Gasteiger partial charge in [0.15, 0.2) is 11.9 Å².